The molecule has 0 aliphatic carbocycles. The average Bonchev–Trinajstić information content (AvgIpc) is 2.95. The largest absolute Gasteiger partial charge is 0.308 e. The summed E-state index contributed by atoms with van der Waals surface area (Å²) in [5, 5.41) is 19.2. The van der Waals surface area contributed by atoms with E-state index in [1.54, 1.807) is 25.1 Å². The van der Waals surface area contributed by atoms with Crippen LogP contribution in [0.3, 0.4) is 0 Å². The van der Waals surface area contributed by atoms with Crippen LogP contribution in [-0.2, 0) is 4.79 Å². The van der Waals surface area contributed by atoms with Gasteiger partial charge in [-0.1, -0.05) is 17.7 Å². The number of benzene rings is 2. The molecule has 0 aromatic heterocycles. The maximum absolute atomic E-state index is 12.3. The lowest BCUT2D eigenvalue weighted by atomic mass is 10.2. The molecule has 132 valence electrons. The Morgan fingerprint density at radius 3 is 2.77 bits per heavy atom. The number of amides is 2. The van der Waals surface area contributed by atoms with Gasteiger partial charge >= 0.3 is 0 Å². The molecule has 3 rings (SSSR count). The van der Waals surface area contributed by atoms with Crippen molar-refractivity contribution in [1.29, 1.82) is 0 Å². The van der Waals surface area contributed by atoms with Gasteiger partial charge in [-0.05, 0) is 36.8 Å². The van der Waals surface area contributed by atoms with Crippen LogP contribution < -0.4 is 10.3 Å². The van der Waals surface area contributed by atoms with Crippen molar-refractivity contribution in [3.63, 3.8) is 0 Å². The Morgan fingerprint density at radius 1 is 1.31 bits per heavy atom. The second-order valence-electron chi connectivity index (χ2n) is 5.62. The van der Waals surface area contributed by atoms with Gasteiger partial charge in [0.25, 0.3) is 17.5 Å². The zero-order chi connectivity index (χ0) is 18.8. The number of rotatable bonds is 3. The zero-order valence-electron chi connectivity index (χ0n) is 13.6. The first-order valence-corrected chi connectivity index (χ1v) is 7.95. The van der Waals surface area contributed by atoms with Gasteiger partial charge in [0.2, 0.25) is 0 Å². The number of anilines is 1. The number of nitrogens with zero attached hydrogens (tertiary/aromatic N) is 3. The topological polar surface area (TPSA) is 105 Å². The van der Waals surface area contributed by atoms with E-state index in [2.05, 4.69) is 10.4 Å². The first-order chi connectivity index (χ1) is 12.3. The first-order valence-electron chi connectivity index (χ1n) is 7.57. The van der Waals surface area contributed by atoms with Crippen LogP contribution >= 0.6 is 11.6 Å². The van der Waals surface area contributed by atoms with Crippen LogP contribution in [0.4, 0.5) is 11.4 Å². The standard InChI is InChI=1S/C17H13ClN4O4/c1-10-7-12(18)5-6-14(10)21-16(23)9-15(20-21)19-17(24)11-3-2-4-13(8-11)22(25)26/h2-8H,9H2,1H3,(H,19,20,24). The number of nitro benzene ring substituents is 1. The fraction of sp³-hybridized carbons (Fsp3) is 0.118. The summed E-state index contributed by atoms with van der Waals surface area (Å²) in [5.74, 6) is -0.708. The molecule has 9 heteroatoms. The van der Waals surface area contributed by atoms with Gasteiger partial charge in [-0.25, -0.2) is 0 Å². The van der Waals surface area contributed by atoms with E-state index >= 15 is 0 Å². The summed E-state index contributed by atoms with van der Waals surface area (Å²) in [6, 6.07) is 10.3. The zero-order valence-corrected chi connectivity index (χ0v) is 14.4. The van der Waals surface area contributed by atoms with Gasteiger partial charge in [0, 0.05) is 22.7 Å². The van der Waals surface area contributed by atoms with Crippen molar-refractivity contribution in [3.8, 4) is 0 Å². The minimum Gasteiger partial charge on any atom is -0.308 e. The van der Waals surface area contributed by atoms with Gasteiger partial charge < -0.3 is 5.32 Å². The van der Waals surface area contributed by atoms with E-state index in [1.165, 1.54) is 23.2 Å². The van der Waals surface area contributed by atoms with E-state index in [9.17, 15) is 19.7 Å². The normalized spacial score (nSPS) is 13.5. The Labute approximate surface area is 153 Å². The molecule has 1 aliphatic rings. The van der Waals surface area contributed by atoms with E-state index in [-0.39, 0.29) is 29.4 Å². The number of hydrogen-bond donors (Lipinski definition) is 1. The molecule has 0 radical (unpaired) electrons. The molecule has 0 atom stereocenters. The highest BCUT2D eigenvalue weighted by atomic mass is 35.5. The van der Waals surface area contributed by atoms with E-state index in [0.717, 1.165) is 11.6 Å². The molecule has 2 aromatic rings. The van der Waals surface area contributed by atoms with Crippen molar-refractivity contribution in [3.05, 3.63) is 68.7 Å². The van der Waals surface area contributed by atoms with Crippen LogP contribution in [0.2, 0.25) is 5.02 Å². The fourth-order valence-corrected chi connectivity index (χ4v) is 2.73. The van der Waals surface area contributed by atoms with E-state index < -0.39 is 10.8 Å². The molecule has 2 aromatic carbocycles. The lowest BCUT2D eigenvalue weighted by Crippen LogP contribution is -2.29. The molecule has 0 unspecified atom stereocenters. The Morgan fingerprint density at radius 2 is 2.08 bits per heavy atom. The quantitative estimate of drug-likeness (QED) is 0.660. The molecule has 8 nitrogen and oxygen atoms in total. The molecule has 0 bridgehead atoms. The molecule has 1 heterocycles. The third kappa shape index (κ3) is 3.55. The molecule has 1 aliphatic heterocycles. The lowest BCUT2D eigenvalue weighted by molar-refractivity contribution is -0.384. The summed E-state index contributed by atoms with van der Waals surface area (Å²) in [6.07, 6.45) is -0.0806. The summed E-state index contributed by atoms with van der Waals surface area (Å²) in [4.78, 5) is 34.7. The predicted molar refractivity (Wildman–Crippen MR) is 96.3 cm³/mol. The van der Waals surface area contributed by atoms with Crippen molar-refractivity contribution in [2.24, 2.45) is 5.10 Å². The number of non-ortho nitro benzene ring substituents is 1. The van der Waals surface area contributed by atoms with E-state index in [1.807, 2.05) is 0 Å². The average molecular weight is 373 g/mol. The monoisotopic (exact) mass is 372 g/mol. The Kier molecular flexibility index (Phi) is 4.68. The highest BCUT2D eigenvalue weighted by Gasteiger charge is 2.27. The van der Waals surface area contributed by atoms with Crippen LogP contribution in [0.1, 0.15) is 22.3 Å². The number of carbonyl (C=O) groups is 2. The molecule has 0 spiro atoms. The summed E-state index contributed by atoms with van der Waals surface area (Å²) >= 11 is 5.92. The van der Waals surface area contributed by atoms with Crippen LogP contribution in [0.25, 0.3) is 0 Å². The number of amidine groups is 1. The number of nitrogens with one attached hydrogen (secondary N) is 1. The molecule has 0 fully saturated rings. The van der Waals surface area contributed by atoms with Crippen molar-refractivity contribution >= 4 is 40.6 Å². The van der Waals surface area contributed by atoms with Crippen LogP contribution in [0, 0.1) is 17.0 Å². The van der Waals surface area contributed by atoms with Crippen LogP contribution in [0.5, 0.6) is 0 Å². The third-order valence-corrected chi connectivity index (χ3v) is 3.97. The molecular weight excluding hydrogens is 360 g/mol. The van der Waals surface area contributed by atoms with Gasteiger partial charge in [0.05, 0.1) is 17.0 Å². The Hall–Kier alpha value is -3.26. The minimum absolute atomic E-state index is 0.0806. The molecular formula is C17H13ClN4O4. The summed E-state index contributed by atoms with van der Waals surface area (Å²) in [7, 11) is 0. The highest BCUT2D eigenvalue weighted by molar-refractivity contribution is 6.30. The first kappa shape index (κ1) is 17.6. The van der Waals surface area contributed by atoms with Crippen molar-refractivity contribution in [2.45, 2.75) is 13.3 Å². The maximum atomic E-state index is 12.3. The van der Waals surface area contributed by atoms with Gasteiger partial charge in [-0.15, -0.1) is 0 Å². The van der Waals surface area contributed by atoms with Crippen LogP contribution in [0.15, 0.2) is 47.6 Å². The van der Waals surface area contributed by atoms with E-state index in [4.69, 9.17) is 11.6 Å². The third-order valence-electron chi connectivity index (χ3n) is 3.74. The van der Waals surface area contributed by atoms with Crippen molar-refractivity contribution in [1.82, 2.24) is 5.32 Å². The highest BCUT2D eigenvalue weighted by Crippen LogP contribution is 2.26. The number of carbonyl (C=O) groups excluding carboxylic acids is 2. The van der Waals surface area contributed by atoms with Gasteiger partial charge in [-0.2, -0.15) is 10.1 Å². The number of halogens is 1. The number of hydrogen-bond acceptors (Lipinski definition) is 5. The summed E-state index contributed by atoms with van der Waals surface area (Å²) < 4.78 is 0. The van der Waals surface area contributed by atoms with Gasteiger partial charge in [-0.3, -0.25) is 19.7 Å². The molecule has 2 amide bonds. The van der Waals surface area contributed by atoms with Gasteiger partial charge in [0.15, 0.2) is 0 Å². The molecule has 1 N–H and O–H groups in total. The number of hydrazone groups is 1. The smallest absolute Gasteiger partial charge is 0.270 e. The van der Waals surface area contributed by atoms with Crippen molar-refractivity contribution in [2.75, 3.05) is 5.01 Å². The molecule has 0 saturated carbocycles. The number of nitro groups is 1. The van der Waals surface area contributed by atoms with Crippen LogP contribution in [-0.4, -0.2) is 22.6 Å². The predicted octanol–water partition coefficient (Wildman–Crippen LogP) is 3.04. The van der Waals surface area contributed by atoms with Crippen molar-refractivity contribution < 1.29 is 14.5 Å². The maximum Gasteiger partial charge on any atom is 0.270 e. The lowest BCUT2D eigenvalue weighted by Gasteiger charge is -2.14. The number of aryl methyl sites for hydroxylation is 1. The summed E-state index contributed by atoms with van der Waals surface area (Å²) in [5.41, 5.74) is 1.25. The molecule has 26 heavy (non-hydrogen) atoms. The van der Waals surface area contributed by atoms with Gasteiger partial charge in [0.1, 0.15) is 5.84 Å². The second kappa shape index (κ2) is 6.93. The Balaban J connectivity index is 1.80. The second-order valence-corrected chi connectivity index (χ2v) is 6.06. The minimum atomic E-state index is -0.585. The SMILES string of the molecule is Cc1cc(Cl)ccc1N1N=C(NC(=O)c2cccc([N+](=O)[O-])c2)CC1=O. The molecule has 0 saturated heterocycles. The fourth-order valence-electron chi connectivity index (χ4n) is 2.51. The summed E-state index contributed by atoms with van der Waals surface area (Å²) in [6.45, 7) is 1.80. The Bertz CT molecular complexity index is 958. The van der Waals surface area contributed by atoms with E-state index in [0.29, 0.717) is 10.7 Å².